The van der Waals surface area contributed by atoms with Gasteiger partial charge in [-0.25, -0.2) is 14.4 Å². The van der Waals surface area contributed by atoms with Crippen molar-refractivity contribution in [3.8, 4) is 5.75 Å². The van der Waals surface area contributed by atoms with Gasteiger partial charge in [0.1, 0.15) is 0 Å². The van der Waals surface area contributed by atoms with Crippen LogP contribution in [0.4, 0.5) is 16.0 Å². The average molecular weight is 330 g/mol. The number of benzene rings is 1. The molecule has 1 aliphatic rings. The summed E-state index contributed by atoms with van der Waals surface area (Å²) in [5, 5.41) is 2.63. The van der Waals surface area contributed by atoms with Crippen LogP contribution in [0.25, 0.3) is 0 Å². The van der Waals surface area contributed by atoms with Crippen LogP contribution in [0, 0.1) is 5.82 Å². The van der Waals surface area contributed by atoms with Gasteiger partial charge in [0.2, 0.25) is 5.95 Å². The van der Waals surface area contributed by atoms with Gasteiger partial charge in [-0.05, 0) is 31.4 Å². The lowest BCUT2D eigenvalue weighted by Crippen LogP contribution is -2.31. The first-order valence-electron chi connectivity index (χ1n) is 7.96. The Hall–Kier alpha value is -2.70. The number of hydrogen-bond acceptors (Lipinski definition) is 5. The lowest BCUT2D eigenvalue weighted by Gasteiger charge is -2.26. The minimum absolute atomic E-state index is 0.0457. The Balaban J connectivity index is 1.52. The van der Waals surface area contributed by atoms with E-state index in [-0.39, 0.29) is 12.4 Å². The van der Waals surface area contributed by atoms with Gasteiger partial charge in [-0.2, -0.15) is 0 Å². The number of nitrogens with zero attached hydrogens (tertiary/aromatic N) is 3. The first kappa shape index (κ1) is 16.2. The molecule has 126 valence electrons. The number of hydrogen-bond donors (Lipinski definition) is 1. The summed E-state index contributed by atoms with van der Waals surface area (Å²) < 4.78 is 18.6. The second-order valence-electron chi connectivity index (χ2n) is 5.59. The summed E-state index contributed by atoms with van der Waals surface area (Å²) in [5.74, 6) is -0.174. The number of halogens is 1. The molecule has 6 nitrogen and oxygen atoms in total. The monoisotopic (exact) mass is 330 g/mol. The molecule has 1 amide bonds. The van der Waals surface area contributed by atoms with Crippen molar-refractivity contribution in [3.63, 3.8) is 0 Å². The second kappa shape index (κ2) is 7.72. The van der Waals surface area contributed by atoms with Crippen molar-refractivity contribution in [3.05, 3.63) is 42.5 Å². The number of carbonyl (C=O) groups is 1. The molecule has 3 rings (SSSR count). The highest BCUT2D eigenvalue weighted by Gasteiger charge is 2.13. The molecule has 7 heteroatoms. The van der Waals surface area contributed by atoms with Crippen molar-refractivity contribution >= 4 is 17.5 Å². The second-order valence-corrected chi connectivity index (χ2v) is 5.59. The van der Waals surface area contributed by atoms with Crippen molar-refractivity contribution in [1.29, 1.82) is 0 Å². The predicted octanol–water partition coefficient (Wildman–Crippen LogP) is 2.62. The Morgan fingerprint density at radius 3 is 2.58 bits per heavy atom. The summed E-state index contributed by atoms with van der Waals surface area (Å²) in [6.45, 7) is 1.64. The molecule has 0 unspecified atom stereocenters. The number of amides is 1. The number of ether oxygens (including phenoxy) is 1. The summed E-state index contributed by atoms with van der Waals surface area (Å²) >= 11 is 0. The third-order valence-electron chi connectivity index (χ3n) is 3.76. The largest absolute Gasteiger partial charge is 0.481 e. The predicted molar refractivity (Wildman–Crippen MR) is 88.6 cm³/mol. The van der Waals surface area contributed by atoms with E-state index in [4.69, 9.17) is 4.74 Å². The highest BCUT2D eigenvalue weighted by atomic mass is 19.1. The fraction of sp³-hybridized carbons (Fsp3) is 0.353. The van der Waals surface area contributed by atoms with E-state index in [9.17, 15) is 9.18 Å². The molecule has 0 saturated carbocycles. The van der Waals surface area contributed by atoms with Gasteiger partial charge in [0.25, 0.3) is 5.91 Å². The molecular formula is C17H19FN4O2. The SMILES string of the molecule is O=C(COc1ccccc1F)Nc1cnc(N2CCCCC2)nc1. The Labute approximate surface area is 139 Å². The molecule has 0 spiro atoms. The molecule has 24 heavy (non-hydrogen) atoms. The zero-order valence-electron chi connectivity index (χ0n) is 13.2. The Bertz CT molecular complexity index is 687. The Kier molecular flexibility index (Phi) is 5.20. The zero-order chi connectivity index (χ0) is 16.8. The van der Waals surface area contributed by atoms with E-state index in [0.29, 0.717) is 11.6 Å². The fourth-order valence-corrected chi connectivity index (χ4v) is 2.55. The standard InChI is InChI=1S/C17H19FN4O2/c18-14-6-2-3-7-15(14)24-12-16(23)21-13-10-19-17(20-11-13)22-8-4-1-5-9-22/h2-3,6-7,10-11H,1,4-5,8-9,12H2,(H,21,23). The van der Waals surface area contributed by atoms with Crippen molar-refractivity contribution in [2.45, 2.75) is 19.3 Å². The topological polar surface area (TPSA) is 67.3 Å². The summed E-state index contributed by atoms with van der Waals surface area (Å²) in [4.78, 5) is 22.6. The number of anilines is 2. The summed E-state index contributed by atoms with van der Waals surface area (Å²) in [5.41, 5.74) is 0.484. The van der Waals surface area contributed by atoms with Crippen LogP contribution in [0.15, 0.2) is 36.7 Å². The van der Waals surface area contributed by atoms with Gasteiger partial charge in [0, 0.05) is 13.1 Å². The van der Waals surface area contributed by atoms with E-state index < -0.39 is 11.7 Å². The van der Waals surface area contributed by atoms with Crippen molar-refractivity contribution in [2.24, 2.45) is 0 Å². The van der Waals surface area contributed by atoms with Gasteiger partial charge < -0.3 is 15.0 Å². The zero-order valence-corrected chi connectivity index (χ0v) is 13.2. The maximum Gasteiger partial charge on any atom is 0.262 e. The van der Waals surface area contributed by atoms with Gasteiger partial charge in [0.05, 0.1) is 18.1 Å². The molecule has 2 heterocycles. The van der Waals surface area contributed by atoms with E-state index in [2.05, 4.69) is 20.2 Å². The molecule has 1 fully saturated rings. The van der Waals surface area contributed by atoms with Crippen LogP contribution in [0.2, 0.25) is 0 Å². The molecular weight excluding hydrogens is 311 g/mol. The number of para-hydroxylation sites is 1. The van der Waals surface area contributed by atoms with Crippen LogP contribution >= 0.6 is 0 Å². The molecule has 1 aliphatic heterocycles. The lowest BCUT2D eigenvalue weighted by molar-refractivity contribution is -0.118. The molecule has 2 aromatic rings. The summed E-state index contributed by atoms with van der Waals surface area (Å²) in [6.07, 6.45) is 6.67. The molecule has 1 saturated heterocycles. The number of nitrogens with one attached hydrogen (secondary N) is 1. The first-order valence-corrected chi connectivity index (χ1v) is 7.96. The van der Waals surface area contributed by atoms with Gasteiger partial charge >= 0.3 is 0 Å². The van der Waals surface area contributed by atoms with E-state index >= 15 is 0 Å². The van der Waals surface area contributed by atoms with Crippen LogP contribution in [-0.2, 0) is 4.79 Å². The number of piperidine rings is 1. The van der Waals surface area contributed by atoms with Gasteiger partial charge in [-0.3, -0.25) is 4.79 Å². The Morgan fingerprint density at radius 1 is 1.17 bits per heavy atom. The third-order valence-corrected chi connectivity index (χ3v) is 3.76. The van der Waals surface area contributed by atoms with Crippen molar-refractivity contribution in [2.75, 3.05) is 29.9 Å². The number of aromatic nitrogens is 2. The van der Waals surface area contributed by atoms with Gasteiger partial charge in [0.15, 0.2) is 18.2 Å². The van der Waals surface area contributed by atoms with Crippen LogP contribution in [0.1, 0.15) is 19.3 Å². The molecule has 1 aromatic heterocycles. The van der Waals surface area contributed by atoms with Crippen LogP contribution in [0.3, 0.4) is 0 Å². The van der Waals surface area contributed by atoms with E-state index in [1.54, 1.807) is 24.5 Å². The molecule has 0 aliphatic carbocycles. The molecule has 0 bridgehead atoms. The minimum Gasteiger partial charge on any atom is -0.481 e. The van der Waals surface area contributed by atoms with Gasteiger partial charge in [-0.15, -0.1) is 0 Å². The smallest absolute Gasteiger partial charge is 0.262 e. The minimum atomic E-state index is -0.500. The normalized spacial score (nSPS) is 14.3. The fourth-order valence-electron chi connectivity index (χ4n) is 2.55. The van der Waals surface area contributed by atoms with Crippen LogP contribution < -0.4 is 15.0 Å². The maximum absolute atomic E-state index is 13.4. The molecule has 1 aromatic carbocycles. The average Bonchev–Trinajstić information content (AvgIpc) is 2.62. The highest BCUT2D eigenvalue weighted by Crippen LogP contribution is 2.17. The lowest BCUT2D eigenvalue weighted by atomic mass is 10.1. The van der Waals surface area contributed by atoms with Crippen LogP contribution in [-0.4, -0.2) is 35.6 Å². The van der Waals surface area contributed by atoms with E-state index in [0.717, 1.165) is 25.9 Å². The number of rotatable bonds is 5. The molecule has 1 N–H and O–H groups in total. The summed E-state index contributed by atoms with van der Waals surface area (Å²) in [6, 6.07) is 5.95. The van der Waals surface area contributed by atoms with Crippen molar-refractivity contribution < 1.29 is 13.9 Å². The van der Waals surface area contributed by atoms with Crippen molar-refractivity contribution in [1.82, 2.24) is 9.97 Å². The number of carbonyl (C=O) groups excluding carboxylic acids is 1. The highest BCUT2D eigenvalue weighted by molar-refractivity contribution is 5.91. The quantitative estimate of drug-likeness (QED) is 0.913. The van der Waals surface area contributed by atoms with E-state index in [1.165, 1.54) is 18.6 Å². The molecule has 0 radical (unpaired) electrons. The first-order chi connectivity index (χ1) is 11.7. The molecule has 0 atom stereocenters. The summed E-state index contributed by atoms with van der Waals surface area (Å²) in [7, 11) is 0. The Morgan fingerprint density at radius 2 is 1.88 bits per heavy atom. The van der Waals surface area contributed by atoms with Gasteiger partial charge in [-0.1, -0.05) is 12.1 Å². The third kappa shape index (κ3) is 4.18. The van der Waals surface area contributed by atoms with E-state index in [1.807, 2.05) is 0 Å². The maximum atomic E-state index is 13.4. The van der Waals surface area contributed by atoms with Crippen LogP contribution in [0.5, 0.6) is 5.75 Å².